The molecule has 1 saturated heterocycles. The summed E-state index contributed by atoms with van der Waals surface area (Å²) in [5.41, 5.74) is -0.579. The summed E-state index contributed by atoms with van der Waals surface area (Å²) in [6.07, 6.45) is 2.36. The maximum Gasteiger partial charge on any atom is 0.291 e. The van der Waals surface area contributed by atoms with Crippen LogP contribution in [0.4, 0.5) is 0 Å². The van der Waals surface area contributed by atoms with Crippen molar-refractivity contribution in [3.05, 3.63) is 0 Å². The van der Waals surface area contributed by atoms with Crippen molar-refractivity contribution in [2.24, 2.45) is 35.0 Å². The molecule has 0 spiro atoms. The molecule has 2 N–H and O–H groups in total. The molecule has 0 aromatic heterocycles. The van der Waals surface area contributed by atoms with Gasteiger partial charge in [-0.15, -0.1) is 0 Å². The molecule has 210 valence electrons. The number of carbonyl (C=O) groups excluding carboxylic acids is 5. The SMILES string of the molecule is CC(C)C(=O)N[C@H](C(=O)N1C[C@H](C)[C@H](C(C)C)[C@H]1C(=O)NC(CC1CC1)C(=O)C(=O)N(C)C)C(C)(C)C. The Morgan fingerprint density at radius 2 is 1.54 bits per heavy atom. The first-order valence-corrected chi connectivity index (χ1v) is 13.6. The molecule has 1 heterocycles. The van der Waals surface area contributed by atoms with Gasteiger partial charge >= 0.3 is 0 Å². The molecule has 0 radical (unpaired) electrons. The Bertz CT molecular complexity index is 887. The van der Waals surface area contributed by atoms with E-state index in [9.17, 15) is 24.0 Å². The van der Waals surface area contributed by atoms with E-state index in [1.54, 1.807) is 18.7 Å². The smallest absolute Gasteiger partial charge is 0.291 e. The van der Waals surface area contributed by atoms with Crippen LogP contribution in [0.25, 0.3) is 0 Å². The first-order valence-electron chi connectivity index (χ1n) is 13.6. The Morgan fingerprint density at radius 1 is 0.973 bits per heavy atom. The van der Waals surface area contributed by atoms with Gasteiger partial charge in [0.05, 0.1) is 6.04 Å². The number of nitrogens with one attached hydrogen (secondary N) is 2. The van der Waals surface area contributed by atoms with E-state index in [1.165, 1.54) is 19.0 Å². The number of likely N-dealkylation sites (N-methyl/N-ethyl adjacent to an activating group) is 1. The zero-order valence-electron chi connectivity index (χ0n) is 24.4. The predicted octanol–water partition coefficient (Wildman–Crippen LogP) is 2.23. The monoisotopic (exact) mass is 520 g/mol. The van der Waals surface area contributed by atoms with Gasteiger partial charge in [0, 0.05) is 26.6 Å². The van der Waals surface area contributed by atoms with E-state index in [4.69, 9.17) is 0 Å². The number of hydrogen-bond donors (Lipinski definition) is 2. The number of hydrogen-bond acceptors (Lipinski definition) is 5. The molecule has 1 aliphatic carbocycles. The van der Waals surface area contributed by atoms with Crippen LogP contribution in [0.1, 0.15) is 74.7 Å². The molecule has 0 bridgehead atoms. The molecule has 5 atom stereocenters. The van der Waals surface area contributed by atoms with Crippen molar-refractivity contribution in [3.63, 3.8) is 0 Å². The van der Waals surface area contributed by atoms with E-state index in [2.05, 4.69) is 10.6 Å². The van der Waals surface area contributed by atoms with E-state index in [-0.39, 0.29) is 35.5 Å². The summed E-state index contributed by atoms with van der Waals surface area (Å²) in [5.74, 6) is -2.19. The van der Waals surface area contributed by atoms with Crippen molar-refractivity contribution in [3.8, 4) is 0 Å². The van der Waals surface area contributed by atoms with E-state index < -0.39 is 41.1 Å². The average Bonchev–Trinajstić information content (AvgIpc) is 3.52. The summed E-state index contributed by atoms with van der Waals surface area (Å²) >= 11 is 0. The van der Waals surface area contributed by atoms with Gasteiger partial charge in [-0.3, -0.25) is 24.0 Å². The lowest BCUT2D eigenvalue weighted by Crippen LogP contribution is -2.60. The molecule has 1 aliphatic heterocycles. The van der Waals surface area contributed by atoms with Crippen LogP contribution < -0.4 is 10.6 Å². The molecular weight excluding hydrogens is 472 g/mol. The highest BCUT2D eigenvalue weighted by molar-refractivity contribution is 6.38. The van der Waals surface area contributed by atoms with E-state index in [0.29, 0.717) is 18.9 Å². The predicted molar refractivity (Wildman–Crippen MR) is 142 cm³/mol. The number of likely N-dealkylation sites (tertiary alicyclic amines) is 1. The quantitative estimate of drug-likeness (QED) is 0.429. The number of rotatable bonds is 10. The summed E-state index contributed by atoms with van der Waals surface area (Å²) in [7, 11) is 3.03. The number of nitrogens with zero attached hydrogens (tertiary/aromatic N) is 2. The van der Waals surface area contributed by atoms with Gasteiger partial charge in [0.1, 0.15) is 12.1 Å². The fourth-order valence-electron chi connectivity index (χ4n) is 5.30. The van der Waals surface area contributed by atoms with Crippen LogP contribution in [0.15, 0.2) is 0 Å². The van der Waals surface area contributed by atoms with Crippen LogP contribution in [0.3, 0.4) is 0 Å². The number of carbonyl (C=O) groups is 5. The number of ketones is 1. The zero-order valence-corrected chi connectivity index (χ0v) is 24.4. The molecule has 0 aromatic carbocycles. The van der Waals surface area contributed by atoms with Crippen LogP contribution in [0.2, 0.25) is 0 Å². The lowest BCUT2D eigenvalue weighted by Gasteiger charge is -2.37. The summed E-state index contributed by atoms with van der Waals surface area (Å²) in [6.45, 7) is 15.7. The maximum absolute atomic E-state index is 14.0. The second-order valence-corrected chi connectivity index (χ2v) is 13.0. The van der Waals surface area contributed by atoms with Gasteiger partial charge in [0.25, 0.3) is 5.91 Å². The fourth-order valence-corrected chi connectivity index (χ4v) is 5.30. The molecule has 0 aromatic rings. The molecule has 1 saturated carbocycles. The van der Waals surface area contributed by atoms with E-state index in [0.717, 1.165) is 12.8 Å². The summed E-state index contributed by atoms with van der Waals surface area (Å²) < 4.78 is 0. The molecule has 2 rings (SSSR count). The van der Waals surface area contributed by atoms with Crippen LogP contribution in [0.5, 0.6) is 0 Å². The minimum absolute atomic E-state index is 0.0436. The summed E-state index contributed by atoms with van der Waals surface area (Å²) in [4.78, 5) is 68.7. The highest BCUT2D eigenvalue weighted by atomic mass is 16.2. The van der Waals surface area contributed by atoms with Crippen molar-refractivity contribution in [2.45, 2.75) is 92.8 Å². The number of Topliss-reactive ketones (excluding diaryl/α,β-unsaturated/α-hetero) is 1. The van der Waals surface area contributed by atoms with Gasteiger partial charge in [0.2, 0.25) is 23.5 Å². The second-order valence-electron chi connectivity index (χ2n) is 13.0. The Hall–Kier alpha value is -2.45. The molecule has 1 unspecified atom stereocenters. The largest absolute Gasteiger partial charge is 0.344 e. The molecule has 9 heteroatoms. The third-order valence-corrected chi connectivity index (χ3v) is 7.60. The minimum atomic E-state index is -0.922. The van der Waals surface area contributed by atoms with Gasteiger partial charge in [-0.1, -0.05) is 68.2 Å². The van der Waals surface area contributed by atoms with Crippen LogP contribution in [-0.2, 0) is 24.0 Å². The Morgan fingerprint density at radius 3 is 1.97 bits per heavy atom. The summed E-state index contributed by atoms with van der Waals surface area (Å²) in [5, 5.41) is 5.78. The third kappa shape index (κ3) is 7.54. The Labute approximate surface area is 222 Å². The highest BCUT2D eigenvalue weighted by Gasteiger charge is 2.50. The zero-order chi connectivity index (χ0) is 28.4. The number of amides is 4. The molecule has 9 nitrogen and oxygen atoms in total. The van der Waals surface area contributed by atoms with Crippen LogP contribution in [-0.4, -0.2) is 78.0 Å². The summed E-state index contributed by atoms with van der Waals surface area (Å²) in [6, 6.07) is -2.53. The van der Waals surface area contributed by atoms with Gasteiger partial charge in [-0.05, 0) is 35.5 Å². The van der Waals surface area contributed by atoms with Crippen LogP contribution in [0, 0.1) is 35.0 Å². The molecule has 2 fully saturated rings. The first kappa shape index (κ1) is 30.8. The lowest BCUT2D eigenvalue weighted by molar-refractivity contribution is -0.147. The van der Waals surface area contributed by atoms with Gasteiger partial charge in [-0.2, -0.15) is 0 Å². The van der Waals surface area contributed by atoms with E-state index >= 15 is 0 Å². The highest BCUT2D eigenvalue weighted by Crippen LogP contribution is 2.38. The maximum atomic E-state index is 14.0. The minimum Gasteiger partial charge on any atom is -0.344 e. The second kappa shape index (κ2) is 11.9. The van der Waals surface area contributed by atoms with Gasteiger partial charge in [-0.25, -0.2) is 0 Å². The normalized spacial score (nSPS) is 23.6. The molecule has 2 aliphatic rings. The topological polar surface area (TPSA) is 116 Å². The lowest BCUT2D eigenvalue weighted by atomic mass is 9.81. The van der Waals surface area contributed by atoms with Crippen molar-refractivity contribution in [1.82, 2.24) is 20.4 Å². The average molecular weight is 521 g/mol. The molecule has 37 heavy (non-hydrogen) atoms. The fraction of sp³-hybridized carbons (Fsp3) is 0.821. The standard InChI is InChI=1S/C28H48N4O5/c1-15(2)20-17(5)14-32(27(37)23(28(6,7)8)30-24(34)16(3)4)21(20)25(35)29-19(13-18-11-12-18)22(33)26(36)31(9)10/h15-21,23H,11-14H2,1-10H3,(H,29,35)(H,30,34)/t17-,19?,20-,21-,23+/m0/s1. The van der Waals surface area contributed by atoms with Crippen molar-refractivity contribution in [1.29, 1.82) is 0 Å². The van der Waals surface area contributed by atoms with Crippen molar-refractivity contribution < 1.29 is 24.0 Å². The van der Waals surface area contributed by atoms with Crippen LogP contribution >= 0.6 is 0 Å². The third-order valence-electron chi connectivity index (χ3n) is 7.60. The Balaban J connectivity index is 2.40. The molecular formula is C28H48N4O5. The van der Waals surface area contributed by atoms with E-state index in [1.807, 2.05) is 41.5 Å². The van der Waals surface area contributed by atoms with Gasteiger partial charge in [0.15, 0.2) is 0 Å². The van der Waals surface area contributed by atoms with Gasteiger partial charge < -0.3 is 20.4 Å². The van der Waals surface area contributed by atoms with Crippen molar-refractivity contribution in [2.75, 3.05) is 20.6 Å². The molecule has 4 amide bonds. The van der Waals surface area contributed by atoms with Crippen molar-refractivity contribution >= 4 is 29.4 Å². The first-order chi connectivity index (χ1) is 17.0. The Kier molecular flexibility index (Phi) is 9.93.